The molecule has 1 N–H and O–H groups in total. The fraction of sp³-hybridized carbons (Fsp3) is 0.545. The summed E-state index contributed by atoms with van der Waals surface area (Å²) in [5.41, 5.74) is 0. The molecule has 0 aromatic carbocycles. The lowest BCUT2D eigenvalue weighted by Gasteiger charge is -2.30. The maximum Gasteiger partial charge on any atom is 0.307 e. The molecule has 88 valence electrons. The lowest BCUT2D eigenvalue weighted by Crippen LogP contribution is -2.37. The minimum absolute atomic E-state index is 0.183. The summed E-state index contributed by atoms with van der Waals surface area (Å²) < 4.78 is 1.11. The molecule has 1 saturated heterocycles. The van der Waals surface area contributed by atoms with Gasteiger partial charge in [0.2, 0.25) is 0 Å². The van der Waals surface area contributed by atoms with Crippen LogP contribution in [0, 0.1) is 5.92 Å². The second-order valence-electron chi connectivity index (χ2n) is 4.14. The van der Waals surface area contributed by atoms with Gasteiger partial charge in [-0.15, -0.1) is 11.3 Å². The molecule has 1 aliphatic heterocycles. The van der Waals surface area contributed by atoms with Crippen molar-refractivity contribution in [2.75, 3.05) is 13.1 Å². The summed E-state index contributed by atoms with van der Waals surface area (Å²) in [6.07, 6.45) is 1.81. The highest BCUT2D eigenvalue weighted by molar-refractivity contribution is 9.10. The van der Waals surface area contributed by atoms with Gasteiger partial charge in [0.05, 0.1) is 5.92 Å². The van der Waals surface area contributed by atoms with E-state index in [9.17, 15) is 4.79 Å². The Labute approximate surface area is 107 Å². The van der Waals surface area contributed by atoms with E-state index < -0.39 is 5.97 Å². The number of carbonyl (C=O) groups is 1. The summed E-state index contributed by atoms with van der Waals surface area (Å²) in [6.45, 7) is 2.57. The molecule has 0 radical (unpaired) electrons. The predicted octanol–water partition coefficient (Wildman–Crippen LogP) is 2.81. The molecule has 1 aromatic heterocycles. The monoisotopic (exact) mass is 303 g/mol. The van der Waals surface area contributed by atoms with Crippen LogP contribution < -0.4 is 0 Å². The van der Waals surface area contributed by atoms with Crippen molar-refractivity contribution in [3.8, 4) is 0 Å². The average Bonchev–Trinajstić information content (AvgIpc) is 2.64. The van der Waals surface area contributed by atoms with E-state index in [1.807, 2.05) is 0 Å². The van der Waals surface area contributed by atoms with Crippen LogP contribution in [0.3, 0.4) is 0 Å². The van der Waals surface area contributed by atoms with Crippen molar-refractivity contribution in [2.24, 2.45) is 5.92 Å². The minimum Gasteiger partial charge on any atom is -0.481 e. The Morgan fingerprint density at radius 3 is 3.12 bits per heavy atom. The molecule has 3 nitrogen and oxygen atoms in total. The molecule has 16 heavy (non-hydrogen) atoms. The Balaban J connectivity index is 1.92. The van der Waals surface area contributed by atoms with Gasteiger partial charge in [-0.25, -0.2) is 0 Å². The molecule has 1 fully saturated rings. The summed E-state index contributed by atoms with van der Waals surface area (Å²) in [6, 6.07) is 2.11. The number of carboxylic acids is 1. The van der Waals surface area contributed by atoms with Gasteiger partial charge in [0.25, 0.3) is 0 Å². The first-order chi connectivity index (χ1) is 7.65. The molecule has 0 saturated carbocycles. The van der Waals surface area contributed by atoms with Crippen molar-refractivity contribution in [1.82, 2.24) is 4.90 Å². The number of hydrogen-bond donors (Lipinski definition) is 1. The van der Waals surface area contributed by atoms with Crippen LogP contribution in [0.25, 0.3) is 0 Å². The summed E-state index contributed by atoms with van der Waals surface area (Å²) >= 11 is 5.15. The lowest BCUT2D eigenvalue weighted by atomic mass is 9.98. The van der Waals surface area contributed by atoms with Crippen LogP contribution in [0.15, 0.2) is 15.9 Å². The second kappa shape index (κ2) is 5.29. The zero-order valence-corrected chi connectivity index (χ0v) is 11.3. The number of piperidine rings is 1. The van der Waals surface area contributed by atoms with E-state index in [-0.39, 0.29) is 5.92 Å². The van der Waals surface area contributed by atoms with Crippen molar-refractivity contribution in [1.29, 1.82) is 0 Å². The summed E-state index contributed by atoms with van der Waals surface area (Å²) in [5.74, 6) is -0.839. The van der Waals surface area contributed by atoms with Crippen molar-refractivity contribution in [3.05, 3.63) is 20.8 Å². The van der Waals surface area contributed by atoms with Crippen molar-refractivity contribution < 1.29 is 9.90 Å². The molecule has 0 bridgehead atoms. The van der Waals surface area contributed by atoms with Gasteiger partial charge in [-0.05, 0) is 41.4 Å². The normalized spacial score (nSPS) is 22.2. The predicted molar refractivity (Wildman–Crippen MR) is 67.7 cm³/mol. The highest BCUT2D eigenvalue weighted by Gasteiger charge is 2.25. The maximum atomic E-state index is 10.9. The minimum atomic E-state index is -0.655. The first kappa shape index (κ1) is 12.1. The van der Waals surface area contributed by atoms with Crippen molar-refractivity contribution in [2.45, 2.75) is 19.4 Å². The van der Waals surface area contributed by atoms with E-state index in [2.05, 4.69) is 32.3 Å². The number of rotatable bonds is 3. The first-order valence-corrected chi connectivity index (χ1v) is 7.00. The van der Waals surface area contributed by atoms with Crippen molar-refractivity contribution >= 4 is 33.2 Å². The van der Waals surface area contributed by atoms with Crippen molar-refractivity contribution in [3.63, 3.8) is 0 Å². The van der Waals surface area contributed by atoms with Gasteiger partial charge in [0, 0.05) is 27.8 Å². The Bertz CT molecular complexity index is 380. The van der Waals surface area contributed by atoms with Gasteiger partial charge < -0.3 is 5.11 Å². The molecule has 0 spiro atoms. The van der Waals surface area contributed by atoms with Crippen LogP contribution in [0.4, 0.5) is 0 Å². The summed E-state index contributed by atoms with van der Waals surface area (Å²) in [5, 5.41) is 11.1. The standard InChI is InChI=1S/C11H14BrNO2S/c12-9-4-10(16-7-9)6-13-3-1-2-8(5-13)11(14)15/h4,7-8H,1-3,5-6H2,(H,14,15)/t8-/m0/s1. The first-order valence-electron chi connectivity index (χ1n) is 5.33. The topological polar surface area (TPSA) is 40.5 Å². The SMILES string of the molecule is O=C(O)[C@H]1CCCN(Cc2cc(Br)cs2)C1. The molecule has 0 unspecified atom stereocenters. The van der Waals surface area contributed by atoms with Gasteiger partial charge in [-0.2, -0.15) is 0 Å². The van der Waals surface area contributed by atoms with Gasteiger partial charge in [0.15, 0.2) is 0 Å². The largest absolute Gasteiger partial charge is 0.481 e. The smallest absolute Gasteiger partial charge is 0.307 e. The Morgan fingerprint density at radius 2 is 2.50 bits per heavy atom. The summed E-state index contributed by atoms with van der Waals surface area (Å²) in [7, 11) is 0. The van der Waals surface area contributed by atoms with Gasteiger partial charge in [-0.1, -0.05) is 0 Å². The van der Waals surface area contributed by atoms with E-state index >= 15 is 0 Å². The number of carboxylic acid groups (broad SMARTS) is 1. The molecular formula is C11H14BrNO2S. The molecule has 0 amide bonds. The molecule has 1 atom stereocenters. The van der Waals surface area contributed by atoms with Crippen LogP contribution in [0.2, 0.25) is 0 Å². The Hall–Kier alpha value is -0.390. The molecule has 5 heteroatoms. The second-order valence-corrected chi connectivity index (χ2v) is 6.06. The average molecular weight is 304 g/mol. The Morgan fingerprint density at radius 1 is 1.69 bits per heavy atom. The number of nitrogens with zero attached hydrogens (tertiary/aromatic N) is 1. The number of likely N-dealkylation sites (tertiary alicyclic amines) is 1. The fourth-order valence-electron chi connectivity index (χ4n) is 2.06. The molecule has 1 aromatic rings. The third kappa shape index (κ3) is 3.06. The van der Waals surface area contributed by atoms with Crippen LogP contribution in [-0.2, 0) is 11.3 Å². The fourth-order valence-corrected chi connectivity index (χ4v) is 3.55. The van der Waals surface area contributed by atoms with E-state index in [0.717, 1.165) is 30.4 Å². The van der Waals surface area contributed by atoms with Crippen LogP contribution in [0.1, 0.15) is 17.7 Å². The quantitative estimate of drug-likeness (QED) is 0.933. The van der Waals surface area contributed by atoms with Gasteiger partial charge >= 0.3 is 5.97 Å². The molecular weight excluding hydrogens is 290 g/mol. The van der Waals surface area contributed by atoms with E-state index in [0.29, 0.717) is 6.54 Å². The molecule has 2 rings (SSSR count). The zero-order chi connectivity index (χ0) is 11.5. The number of hydrogen-bond acceptors (Lipinski definition) is 3. The number of halogens is 1. The molecule has 0 aliphatic carbocycles. The molecule has 1 aliphatic rings. The zero-order valence-electron chi connectivity index (χ0n) is 8.86. The van der Waals surface area contributed by atoms with Crippen LogP contribution in [0.5, 0.6) is 0 Å². The lowest BCUT2D eigenvalue weighted by molar-refractivity contribution is -0.143. The number of aliphatic carboxylic acids is 1. The highest BCUT2D eigenvalue weighted by atomic mass is 79.9. The van der Waals surface area contributed by atoms with Crippen LogP contribution in [-0.4, -0.2) is 29.1 Å². The van der Waals surface area contributed by atoms with E-state index in [4.69, 9.17) is 5.11 Å². The number of thiophene rings is 1. The van der Waals surface area contributed by atoms with E-state index in [1.165, 1.54) is 4.88 Å². The Kier molecular flexibility index (Phi) is 4.00. The third-order valence-electron chi connectivity index (χ3n) is 2.86. The van der Waals surface area contributed by atoms with Gasteiger partial charge in [0.1, 0.15) is 0 Å². The van der Waals surface area contributed by atoms with Gasteiger partial charge in [-0.3, -0.25) is 9.69 Å². The maximum absolute atomic E-state index is 10.9. The van der Waals surface area contributed by atoms with Crippen LogP contribution >= 0.6 is 27.3 Å². The van der Waals surface area contributed by atoms with E-state index in [1.54, 1.807) is 11.3 Å². The highest BCUT2D eigenvalue weighted by Crippen LogP contribution is 2.24. The summed E-state index contributed by atoms with van der Waals surface area (Å²) in [4.78, 5) is 14.5. The third-order valence-corrected chi connectivity index (χ3v) is 4.54. The molecule has 2 heterocycles.